The van der Waals surface area contributed by atoms with Gasteiger partial charge in [0.2, 0.25) is 5.91 Å². The molecule has 2 atom stereocenters. The van der Waals surface area contributed by atoms with Gasteiger partial charge in [-0.1, -0.05) is 54.1 Å². The van der Waals surface area contributed by atoms with Crippen molar-refractivity contribution >= 4 is 29.1 Å². The van der Waals surface area contributed by atoms with Crippen molar-refractivity contribution in [3.8, 4) is 17.2 Å². The summed E-state index contributed by atoms with van der Waals surface area (Å²) >= 11 is 0. The standard InChI is InChI=1S/C32H31N3O6/c1-21-12-15-23(16-13-21)34-32(38)41-31(22-14-17-28(39-2)27(36)20-22)29(40-24-8-4-3-5-9-24)18-19-30(37)35-26-11-7-6-10-25(26)33/h3-20,29,31,36H,33H2,1-2H3,(H,34,38)(H,35,37)/b19-18+/t29-,31-/m0/s1. The second-order valence-electron chi connectivity index (χ2n) is 9.08. The highest BCUT2D eigenvalue weighted by molar-refractivity contribution is 6.01. The minimum Gasteiger partial charge on any atom is -0.504 e. The summed E-state index contributed by atoms with van der Waals surface area (Å²) in [5, 5.41) is 15.9. The molecule has 0 fully saturated rings. The SMILES string of the molecule is COc1ccc([C@H](OC(=O)Nc2ccc(C)cc2)[C@H](/C=C/C(=O)Nc2ccccc2N)Oc2ccccc2)cc1O. The number of hydrogen-bond donors (Lipinski definition) is 4. The number of nitrogens with one attached hydrogen (secondary N) is 2. The van der Waals surface area contributed by atoms with Crippen LogP contribution in [-0.4, -0.2) is 30.3 Å². The summed E-state index contributed by atoms with van der Waals surface area (Å²) in [4.78, 5) is 25.9. The van der Waals surface area contributed by atoms with Gasteiger partial charge in [-0.15, -0.1) is 0 Å². The Morgan fingerprint density at radius 1 is 0.902 bits per heavy atom. The molecule has 0 aliphatic rings. The average molecular weight is 554 g/mol. The van der Waals surface area contributed by atoms with Crippen molar-refractivity contribution in [2.45, 2.75) is 19.1 Å². The Bertz CT molecular complexity index is 1510. The number of nitrogens with two attached hydrogens (primary N) is 1. The second kappa shape index (κ2) is 13.6. The van der Waals surface area contributed by atoms with Gasteiger partial charge in [0.25, 0.3) is 0 Å². The third kappa shape index (κ3) is 8.03. The minimum atomic E-state index is -1.09. The summed E-state index contributed by atoms with van der Waals surface area (Å²) in [6.45, 7) is 1.94. The van der Waals surface area contributed by atoms with Crippen LogP contribution in [-0.2, 0) is 9.53 Å². The molecule has 0 aromatic heterocycles. The number of ether oxygens (including phenoxy) is 3. The number of phenolic OH excluding ortho intramolecular Hbond substituents is 1. The summed E-state index contributed by atoms with van der Waals surface area (Å²) in [5.41, 5.74) is 8.79. The zero-order valence-corrected chi connectivity index (χ0v) is 22.6. The predicted octanol–water partition coefficient (Wildman–Crippen LogP) is 6.22. The fraction of sp³-hybridized carbons (Fsp3) is 0.125. The van der Waals surface area contributed by atoms with E-state index >= 15 is 0 Å². The second-order valence-corrected chi connectivity index (χ2v) is 9.08. The minimum absolute atomic E-state index is 0.155. The van der Waals surface area contributed by atoms with Gasteiger partial charge in [0.05, 0.1) is 18.5 Å². The molecule has 0 heterocycles. The van der Waals surface area contributed by atoms with Gasteiger partial charge in [-0.05, 0) is 61.5 Å². The highest BCUT2D eigenvalue weighted by Gasteiger charge is 2.29. The van der Waals surface area contributed by atoms with Gasteiger partial charge >= 0.3 is 6.09 Å². The monoisotopic (exact) mass is 553 g/mol. The van der Waals surface area contributed by atoms with Crippen LogP contribution in [0.4, 0.5) is 21.9 Å². The molecule has 9 nitrogen and oxygen atoms in total. The highest BCUT2D eigenvalue weighted by Crippen LogP contribution is 2.34. The maximum Gasteiger partial charge on any atom is 0.412 e. The van der Waals surface area contributed by atoms with E-state index in [-0.39, 0.29) is 11.5 Å². The molecule has 9 heteroatoms. The molecule has 4 rings (SSSR count). The number of benzene rings is 4. The first kappa shape index (κ1) is 28.6. The van der Waals surface area contributed by atoms with E-state index < -0.39 is 24.2 Å². The normalized spacial score (nSPS) is 12.2. The first-order valence-corrected chi connectivity index (χ1v) is 12.8. The van der Waals surface area contributed by atoms with E-state index in [1.165, 1.54) is 25.3 Å². The summed E-state index contributed by atoms with van der Waals surface area (Å²) in [6, 6.07) is 27.6. The Hall–Kier alpha value is -5.44. The molecule has 0 radical (unpaired) electrons. The number of phenols is 1. The van der Waals surface area contributed by atoms with Crippen molar-refractivity contribution in [2.24, 2.45) is 0 Å². The molecule has 0 spiro atoms. The summed E-state index contributed by atoms with van der Waals surface area (Å²) in [5.74, 6) is 0.0925. The largest absolute Gasteiger partial charge is 0.504 e. The molecule has 41 heavy (non-hydrogen) atoms. The van der Waals surface area contributed by atoms with Crippen molar-refractivity contribution in [3.63, 3.8) is 0 Å². The Morgan fingerprint density at radius 2 is 1.61 bits per heavy atom. The number of para-hydroxylation sites is 3. The van der Waals surface area contributed by atoms with E-state index in [0.29, 0.717) is 28.4 Å². The topological polar surface area (TPSA) is 132 Å². The van der Waals surface area contributed by atoms with Crippen LogP contribution >= 0.6 is 0 Å². The lowest BCUT2D eigenvalue weighted by molar-refractivity contribution is -0.112. The van der Waals surface area contributed by atoms with Gasteiger partial charge in [-0.2, -0.15) is 0 Å². The first-order valence-electron chi connectivity index (χ1n) is 12.8. The van der Waals surface area contributed by atoms with Crippen molar-refractivity contribution in [1.82, 2.24) is 0 Å². The Morgan fingerprint density at radius 3 is 2.29 bits per heavy atom. The molecule has 0 aliphatic heterocycles. The Balaban J connectivity index is 1.67. The predicted molar refractivity (Wildman–Crippen MR) is 158 cm³/mol. The van der Waals surface area contributed by atoms with Gasteiger partial charge in [0, 0.05) is 17.3 Å². The van der Waals surface area contributed by atoms with Crippen LogP contribution in [0.1, 0.15) is 17.2 Å². The number of rotatable bonds is 10. The first-order chi connectivity index (χ1) is 19.8. The molecule has 0 saturated carbocycles. The fourth-order valence-corrected chi connectivity index (χ4v) is 3.93. The lowest BCUT2D eigenvalue weighted by Gasteiger charge is -2.26. The molecule has 0 unspecified atom stereocenters. The number of carbonyl (C=O) groups excluding carboxylic acids is 2. The van der Waals surface area contributed by atoms with Gasteiger partial charge in [-0.25, -0.2) is 4.79 Å². The maximum atomic E-state index is 13.1. The number of aryl methyl sites for hydroxylation is 1. The van der Waals surface area contributed by atoms with E-state index in [9.17, 15) is 14.7 Å². The fourth-order valence-electron chi connectivity index (χ4n) is 3.93. The molecule has 0 saturated heterocycles. The smallest absolute Gasteiger partial charge is 0.412 e. The number of methoxy groups -OCH3 is 1. The van der Waals surface area contributed by atoms with Gasteiger partial charge in [0.1, 0.15) is 5.75 Å². The van der Waals surface area contributed by atoms with E-state index in [2.05, 4.69) is 10.6 Å². The quantitative estimate of drug-likeness (QED) is 0.135. The van der Waals surface area contributed by atoms with E-state index in [1.807, 2.05) is 25.1 Å². The van der Waals surface area contributed by atoms with Crippen LogP contribution < -0.4 is 25.8 Å². The number of anilines is 3. The highest BCUT2D eigenvalue weighted by atomic mass is 16.6. The summed E-state index contributed by atoms with van der Waals surface area (Å²) < 4.78 is 17.3. The molecular formula is C32H31N3O6. The van der Waals surface area contributed by atoms with Crippen LogP contribution in [0.2, 0.25) is 0 Å². The molecule has 0 bridgehead atoms. The molecule has 2 amide bonds. The number of carbonyl (C=O) groups is 2. The third-order valence-electron chi connectivity index (χ3n) is 6.03. The van der Waals surface area contributed by atoms with Crippen molar-refractivity contribution < 1.29 is 28.9 Å². The van der Waals surface area contributed by atoms with E-state index in [0.717, 1.165) is 5.56 Å². The van der Waals surface area contributed by atoms with Crippen LogP contribution in [0.15, 0.2) is 109 Å². The molecule has 210 valence electrons. The van der Waals surface area contributed by atoms with Crippen molar-refractivity contribution in [1.29, 1.82) is 0 Å². The Labute approximate surface area is 238 Å². The molecule has 0 aliphatic carbocycles. The van der Waals surface area contributed by atoms with Crippen molar-refractivity contribution in [3.05, 3.63) is 120 Å². The summed E-state index contributed by atoms with van der Waals surface area (Å²) in [6.07, 6.45) is -0.0913. The van der Waals surface area contributed by atoms with Gasteiger partial charge in [0.15, 0.2) is 23.7 Å². The van der Waals surface area contributed by atoms with Crippen LogP contribution in [0.25, 0.3) is 0 Å². The number of aromatic hydroxyl groups is 1. The average Bonchev–Trinajstić information content (AvgIpc) is 2.97. The van der Waals surface area contributed by atoms with E-state index in [1.54, 1.807) is 72.8 Å². The number of amides is 2. The zero-order chi connectivity index (χ0) is 29.2. The van der Waals surface area contributed by atoms with E-state index in [4.69, 9.17) is 19.9 Å². The van der Waals surface area contributed by atoms with Crippen molar-refractivity contribution in [2.75, 3.05) is 23.5 Å². The Kier molecular flexibility index (Phi) is 9.45. The summed E-state index contributed by atoms with van der Waals surface area (Å²) in [7, 11) is 1.43. The molecular weight excluding hydrogens is 522 g/mol. The van der Waals surface area contributed by atoms with Crippen LogP contribution in [0.5, 0.6) is 17.2 Å². The number of hydrogen-bond acceptors (Lipinski definition) is 7. The number of nitrogen functional groups attached to an aromatic ring is 1. The van der Waals surface area contributed by atoms with Gasteiger partial charge in [-0.3, -0.25) is 10.1 Å². The van der Waals surface area contributed by atoms with Gasteiger partial charge < -0.3 is 30.4 Å². The molecule has 4 aromatic rings. The lowest BCUT2D eigenvalue weighted by atomic mass is 10.0. The molecule has 4 aromatic carbocycles. The van der Waals surface area contributed by atoms with Crippen LogP contribution in [0.3, 0.4) is 0 Å². The molecule has 5 N–H and O–H groups in total. The third-order valence-corrected chi connectivity index (χ3v) is 6.03. The lowest BCUT2D eigenvalue weighted by Crippen LogP contribution is -2.30. The van der Waals surface area contributed by atoms with Crippen LogP contribution in [0, 0.1) is 6.92 Å². The zero-order valence-electron chi connectivity index (χ0n) is 22.6. The maximum absolute atomic E-state index is 13.1.